The van der Waals surface area contributed by atoms with Crippen LogP contribution in [0.25, 0.3) is 6.08 Å². The van der Waals surface area contributed by atoms with Gasteiger partial charge in [-0.2, -0.15) is 0 Å². The summed E-state index contributed by atoms with van der Waals surface area (Å²) in [5.41, 5.74) is 2.64. The van der Waals surface area contributed by atoms with Crippen LogP contribution in [0.15, 0.2) is 46.3 Å². The standard InChI is InChI=1S/C18H15IN2O3S/c1-10-5-3-4-6-13(10)20-18-21-17(23)15(25-18)9-11-7-12(19)16(22)14(8-11)24-2/h3-9,22H,1-2H3,(H,20,21,23)/b15-9-. The highest BCUT2D eigenvalue weighted by atomic mass is 127. The zero-order chi connectivity index (χ0) is 18.0. The van der Waals surface area contributed by atoms with E-state index in [0.717, 1.165) is 16.8 Å². The molecule has 0 unspecified atom stereocenters. The summed E-state index contributed by atoms with van der Waals surface area (Å²) in [7, 11) is 1.49. The number of nitrogens with one attached hydrogen (secondary N) is 1. The van der Waals surface area contributed by atoms with Crippen LogP contribution in [0, 0.1) is 10.5 Å². The van der Waals surface area contributed by atoms with Gasteiger partial charge in [-0.3, -0.25) is 4.79 Å². The van der Waals surface area contributed by atoms with Crippen molar-refractivity contribution in [3.8, 4) is 11.5 Å². The Morgan fingerprint density at radius 3 is 2.80 bits per heavy atom. The molecule has 2 aromatic rings. The van der Waals surface area contributed by atoms with Gasteiger partial charge >= 0.3 is 0 Å². The molecule has 1 saturated heterocycles. The minimum Gasteiger partial charge on any atom is -0.504 e. The number of halogens is 1. The van der Waals surface area contributed by atoms with Crippen LogP contribution in [-0.2, 0) is 4.79 Å². The molecule has 1 aliphatic heterocycles. The van der Waals surface area contributed by atoms with E-state index < -0.39 is 0 Å². The van der Waals surface area contributed by atoms with Crippen molar-refractivity contribution in [1.29, 1.82) is 0 Å². The van der Waals surface area contributed by atoms with E-state index in [2.05, 4.69) is 10.3 Å². The molecule has 5 nitrogen and oxygen atoms in total. The SMILES string of the molecule is COc1cc(/C=C2\SC(=Nc3ccccc3C)NC2=O)cc(I)c1O. The Morgan fingerprint density at radius 1 is 1.32 bits per heavy atom. The van der Waals surface area contributed by atoms with Crippen LogP contribution in [0.3, 0.4) is 0 Å². The second-order valence-electron chi connectivity index (χ2n) is 5.32. The number of amides is 1. The minimum atomic E-state index is -0.195. The molecule has 0 radical (unpaired) electrons. The number of ether oxygens (including phenoxy) is 1. The highest BCUT2D eigenvalue weighted by molar-refractivity contribution is 14.1. The zero-order valence-electron chi connectivity index (χ0n) is 13.5. The van der Waals surface area contributed by atoms with E-state index in [-0.39, 0.29) is 11.7 Å². The number of aryl methyl sites for hydroxylation is 1. The number of hydrogen-bond donors (Lipinski definition) is 2. The van der Waals surface area contributed by atoms with E-state index in [1.54, 1.807) is 18.2 Å². The topological polar surface area (TPSA) is 70.9 Å². The Morgan fingerprint density at radius 2 is 2.08 bits per heavy atom. The lowest BCUT2D eigenvalue weighted by molar-refractivity contribution is -0.115. The number of aromatic hydroxyl groups is 1. The number of para-hydroxylation sites is 1. The molecule has 0 aromatic heterocycles. The lowest BCUT2D eigenvalue weighted by Crippen LogP contribution is -2.19. The Labute approximate surface area is 163 Å². The van der Waals surface area contributed by atoms with Gasteiger partial charge in [0, 0.05) is 0 Å². The lowest BCUT2D eigenvalue weighted by Gasteiger charge is -2.06. The van der Waals surface area contributed by atoms with Gasteiger partial charge in [0.25, 0.3) is 5.91 Å². The summed E-state index contributed by atoms with van der Waals surface area (Å²) < 4.78 is 5.81. The molecule has 128 valence electrons. The van der Waals surface area contributed by atoms with Gasteiger partial charge in [-0.15, -0.1) is 0 Å². The predicted octanol–water partition coefficient (Wildman–Crippen LogP) is 4.21. The molecule has 0 aliphatic carbocycles. The van der Waals surface area contributed by atoms with Crippen LogP contribution in [0.4, 0.5) is 5.69 Å². The first-order chi connectivity index (χ1) is 12.0. The van der Waals surface area contributed by atoms with Gasteiger partial charge < -0.3 is 15.2 Å². The van der Waals surface area contributed by atoms with E-state index in [0.29, 0.717) is 19.4 Å². The summed E-state index contributed by atoms with van der Waals surface area (Å²) in [5, 5.41) is 13.2. The van der Waals surface area contributed by atoms with Gasteiger partial charge in [0.1, 0.15) is 0 Å². The normalized spacial score (nSPS) is 17.2. The van der Waals surface area contributed by atoms with Crippen LogP contribution < -0.4 is 10.1 Å². The smallest absolute Gasteiger partial charge is 0.264 e. The van der Waals surface area contributed by atoms with Crippen molar-refractivity contribution in [1.82, 2.24) is 5.32 Å². The zero-order valence-corrected chi connectivity index (χ0v) is 16.5. The second kappa shape index (κ2) is 7.49. The molecule has 0 spiro atoms. The predicted molar refractivity (Wildman–Crippen MR) is 109 cm³/mol. The summed E-state index contributed by atoms with van der Waals surface area (Å²) in [5.74, 6) is 0.269. The third kappa shape index (κ3) is 3.98. The lowest BCUT2D eigenvalue weighted by atomic mass is 10.2. The summed E-state index contributed by atoms with van der Waals surface area (Å²) in [6.45, 7) is 1.97. The van der Waals surface area contributed by atoms with E-state index in [1.807, 2.05) is 53.8 Å². The van der Waals surface area contributed by atoms with Crippen LogP contribution in [0.2, 0.25) is 0 Å². The minimum absolute atomic E-state index is 0.0931. The van der Waals surface area contributed by atoms with E-state index in [1.165, 1.54) is 18.9 Å². The third-order valence-corrected chi connectivity index (χ3v) is 5.29. The molecule has 0 atom stereocenters. The molecule has 25 heavy (non-hydrogen) atoms. The van der Waals surface area contributed by atoms with E-state index >= 15 is 0 Å². The molecule has 1 aliphatic rings. The largest absolute Gasteiger partial charge is 0.504 e. The summed E-state index contributed by atoms with van der Waals surface area (Å²) >= 11 is 3.31. The highest BCUT2D eigenvalue weighted by Gasteiger charge is 2.24. The molecule has 1 fully saturated rings. The molecule has 7 heteroatoms. The fourth-order valence-corrected chi connectivity index (χ4v) is 3.72. The van der Waals surface area contributed by atoms with Gasteiger partial charge in [-0.05, 0) is 76.7 Å². The molecule has 2 N–H and O–H groups in total. The first kappa shape index (κ1) is 17.8. The number of carbonyl (C=O) groups excluding carboxylic acids is 1. The molecule has 3 rings (SSSR count). The molecule has 0 saturated carbocycles. The van der Waals surface area contributed by atoms with Crippen LogP contribution in [0.5, 0.6) is 11.5 Å². The summed E-state index contributed by atoms with van der Waals surface area (Å²) in [6, 6.07) is 11.2. The maximum absolute atomic E-state index is 12.2. The summed E-state index contributed by atoms with van der Waals surface area (Å²) in [4.78, 5) is 17.3. The van der Waals surface area contributed by atoms with Crippen molar-refractivity contribution in [2.45, 2.75) is 6.92 Å². The van der Waals surface area contributed by atoms with Crippen molar-refractivity contribution in [2.75, 3.05) is 7.11 Å². The molecule has 1 amide bonds. The Hall–Kier alpha value is -2.00. The third-order valence-electron chi connectivity index (χ3n) is 3.56. The van der Waals surface area contributed by atoms with E-state index in [4.69, 9.17) is 4.74 Å². The van der Waals surface area contributed by atoms with Crippen LogP contribution >= 0.6 is 34.4 Å². The van der Waals surface area contributed by atoms with Crippen molar-refractivity contribution in [3.05, 3.63) is 56.0 Å². The Kier molecular flexibility index (Phi) is 5.33. The number of nitrogens with zero attached hydrogens (tertiary/aromatic N) is 1. The number of thioether (sulfide) groups is 1. The number of rotatable bonds is 3. The highest BCUT2D eigenvalue weighted by Crippen LogP contribution is 2.35. The number of phenolic OH excluding ortho intramolecular Hbond substituents is 1. The van der Waals surface area contributed by atoms with Gasteiger partial charge in [0.2, 0.25) is 0 Å². The molecule has 0 bridgehead atoms. The quantitative estimate of drug-likeness (QED) is 0.526. The van der Waals surface area contributed by atoms with Crippen LogP contribution in [0.1, 0.15) is 11.1 Å². The van der Waals surface area contributed by atoms with Gasteiger partial charge in [0.15, 0.2) is 16.7 Å². The number of methoxy groups -OCH3 is 1. The second-order valence-corrected chi connectivity index (χ2v) is 7.51. The number of amidine groups is 1. The van der Waals surface area contributed by atoms with Gasteiger partial charge in [-0.25, -0.2) is 4.99 Å². The van der Waals surface area contributed by atoms with Crippen molar-refractivity contribution >= 4 is 57.2 Å². The van der Waals surface area contributed by atoms with Gasteiger partial charge in [0.05, 0.1) is 21.3 Å². The van der Waals surface area contributed by atoms with Crippen molar-refractivity contribution in [3.63, 3.8) is 0 Å². The van der Waals surface area contributed by atoms with Gasteiger partial charge in [-0.1, -0.05) is 18.2 Å². The Bertz CT molecular complexity index is 909. The number of hydrogen-bond acceptors (Lipinski definition) is 5. The van der Waals surface area contributed by atoms with Crippen molar-refractivity contribution < 1.29 is 14.6 Å². The van der Waals surface area contributed by atoms with Crippen LogP contribution in [-0.4, -0.2) is 23.3 Å². The number of phenols is 1. The average Bonchev–Trinajstić information content (AvgIpc) is 2.92. The maximum Gasteiger partial charge on any atom is 0.264 e. The maximum atomic E-state index is 12.2. The molecule has 2 aromatic carbocycles. The first-order valence-electron chi connectivity index (χ1n) is 7.39. The first-order valence-corrected chi connectivity index (χ1v) is 9.29. The summed E-state index contributed by atoms with van der Waals surface area (Å²) in [6.07, 6.45) is 1.75. The fourth-order valence-electron chi connectivity index (χ4n) is 2.26. The molecule has 1 heterocycles. The molecular weight excluding hydrogens is 451 g/mol. The number of carbonyl (C=O) groups is 1. The monoisotopic (exact) mass is 466 g/mol. The number of benzene rings is 2. The van der Waals surface area contributed by atoms with E-state index in [9.17, 15) is 9.90 Å². The average molecular weight is 466 g/mol. The van der Waals surface area contributed by atoms with Crippen molar-refractivity contribution in [2.24, 2.45) is 4.99 Å². The number of aliphatic imine (C=N–C) groups is 1. The molecular formula is C18H15IN2O3S. The fraction of sp³-hybridized carbons (Fsp3) is 0.111. The Balaban J connectivity index is 1.90.